The molecule has 2 aromatic heterocycles. The molecule has 0 atom stereocenters. The highest BCUT2D eigenvalue weighted by atomic mass is 16.5. The third-order valence-electron chi connectivity index (χ3n) is 4.24. The van der Waals surface area contributed by atoms with Gasteiger partial charge in [0.15, 0.2) is 0 Å². The van der Waals surface area contributed by atoms with E-state index in [2.05, 4.69) is 41.7 Å². The van der Waals surface area contributed by atoms with Gasteiger partial charge in [-0.2, -0.15) is 0 Å². The first-order valence-electron chi connectivity index (χ1n) is 9.00. The topological polar surface area (TPSA) is 51.1 Å². The highest BCUT2D eigenvalue weighted by Gasteiger charge is 2.22. The Hall–Kier alpha value is -2.01. The van der Waals surface area contributed by atoms with Gasteiger partial charge in [0.05, 0.1) is 6.10 Å². The van der Waals surface area contributed by atoms with Crippen LogP contribution in [0, 0.1) is 0 Å². The molecule has 0 saturated carbocycles. The number of pyridine rings is 1. The molecule has 0 bridgehead atoms. The third-order valence-corrected chi connectivity index (χ3v) is 4.24. The van der Waals surface area contributed by atoms with Crippen LogP contribution in [0.3, 0.4) is 0 Å². The van der Waals surface area contributed by atoms with E-state index in [0.29, 0.717) is 5.88 Å². The predicted molar refractivity (Wildman–Crippen MR) is 98.6 cm³/mol. The standard InChI is InChI=1S/C20H28N4O/c1-14(2)25-18-7-6-15(10-21-18)12-24-9-8-17-16(13-24)11-22-19(23-17)20(3,4)5/h6-7,10-11,14H,8-9,12-13H2,1-5H3. The Morgan fingerprint density at radius 3 is 2.60 bits per heavy atom. The zero-order valence-corrected chi connectivity index (χ0v) is 15.9. The molecule has 5 nitrogen and oxygen atoms in total. The van der Waals surface area contributed by atoms with Gasteiger partial charge in [-0.1, -0.05) is 26.8 Å². The van der Waals surface area contributed by atoms with Crippen molar-refractivity contribution in [2.45, 2.75) is 65.6 Å². The van der Waals surface area contributed by atoms with Crippen LogP contribution in [0.4, 0.5) is 0 Å². The highest BCUT2D eigenvalue weighted by Crippen LogP contribution is 2.23. The summed E-state index contributed by atoms with van der Waals surface area (Å²) in [7, 11) is 0. The van der Waals surface area contributed by atoms with E-state index in [9.17, 15) is 0 Å². The molecule has 0 saturated heterocycles. The molecule has 0 fully saturated rings. The van der Waals surface area contributed by atoms with E-state index in [4.69, 9.17) is 9.72 Å². The molecule has 0 spiro atoms. The van der Waals surface area contributed by atoms with Crippen molar-refractivity contribution in [1.29, 1.82) is 0 Å². The molecule has 5 heteroatoms. The van der Waals surface area contributed by atoms with Crippen LogP contribution in [0.5, 0.6) is 5.88 Å². The monoisotopic (exact) mass is 340 g/mol. The fourth-order valence-corrected chi connectivity index (χ4v) is 2.94. The molecule has 0 aromatic carbocycles. The quantitative estimate of drug-likeness (QED) is 0.852. The van der Waals surface area contributed by atoms with Crippen molar-refractivity contribution in [3.63, 3.8) is 0 Å². The average molecular weight is 340 g/mol. The van der Waals surface area contributed by atoms with Crippen LogP contribution in [0.2, 0.25) is 0 Å². The van der Waals surface area contributed by atoms with E-state index in [1.165, 1.54) is 16.8 Å². The van der Waals surface area contributed by atoms with Crippen LogP contribution in [-0.4, -0.2) is 32.5 Å². The summed E-state index contributed by atoms with van der Waals surface area (Å²) < 4.78 is 5.60. The van der Waals surface area contributed by atoms with Gasteiger partial charge < -0.3 is 4.74 Å². The van der Waals surface area contributed by atoms with Crippen molar-refractivity contribution in [3.05, 3.63) is 47.2 Å². The molecule has 3 heterocycles. The number of aromatic nitrogens is 3. The molecule has 0 N–H and O–H groups in total. The Morgan fingerprint density at radius 2 is 1.96 bits per heavy atom. The van der Waals surface area contributed by atoms with Crippen molar-refractivity contribution in [1.82, 2.24) is 19.9 Å². The first-order valence-corrected chi connectivity index (χ1v) is 9.00. The summed E-state index contributed by atoms with van der Waals surface area (Å²) in [5.41, 5.74) is 3.64. The average Bonchev–Trinajstić information content (AvgIpc) is 2.55. The lowest BCUT2D eigenvalue weighted by Crippen LogP contribution is -2.32. The number of hydrogen-bond acceptors (Lipinski definition) is 5. The van der Waals surface area contributed by atoms with Crippen molar-refractivity contribution in [2.75, 3.05) is 6.54 Å². The molecule has 0 radical (unpaired) electrons. The lowest BCUT2D eigenvalue weighted by atomic mass is 9.95. The van der Waals surface area contributed by atoms with Crippen molar-refractivity contribution < 1.29 is 4.74 Å². The minimum atomic E-state index is -0.00234. The molecule has 25 heavy (non-hydrogen) atoms. The first kappa shape index (κ1) is 17.8. The van der Waals surface area contributed by atoms with Gasteiger partial charge in [-0.25, -0.2) is 15.0 Å². The van der Waals surface area contributed by atoms with Gasteiger partial charge >= 0.3 is 0 Å². The number of ether oxygens (including phenoxy) is 1. The normalized spacial score (nSPS) is 15.3. The van der Waals surface area contributed by atoms with E-state index < -0.39 is 0 Å². The van der Waals surface area contributed by atoms with Gasteiger partial charge in [-0.05, 0) is 19.4 Å². The number of nitrogens with zero attached hydrogens (tertiary/aromatic N) is 4. The lowest BCUT2D eigenvalue weighted by molar-refractivity contribution is 0.230. The van der Waals surface area contributed by atoms with Crippen molar-refractivity contribution in [3.8, 4) is 5.88 Å². The van der Waals surface area contributed by atoms with Crippen molar-refractivity contribution >= 4 is 0 Å². The van der Waals surface area contributed by atoms with Crippen LogP contribution < -0.4 is 4.74 Å². The maximum Gasteiger partial charge on any atom is 0.213 e. The molecule has 134 valence electrons. The van der Waals surface area contributed by atoms with Crippen LogP contribution in [0.15, 0.2) is 24.5 Å². The van der Waals surface area contributed by atoms with Gasteiger partial charge in [0.25, 0.3) is 0 Å². The molecule has 1 aliphatic heterocycles. The molecule has 0 unspecified atom stereocenters. The highest BCUT2D eigenvalue weighted by molar-refractivity contribution is 5.23. The SMILES string of the molecule is CC(C)Oc1ccc(CN2CCc3nc(C(C)(C)C)ncc3C2)cn1. The first-order chi connectivity index (χ1) is 11.8. The summed E-state index contributed by atoms with van der Waals surface area (Å²) in [6.45, 7) is 13.3. The molecule has 0 amide bonds. The zero-order valence-electron chi connectivity index (χ0n) is 15.9. The predicted octanol–water partition coefficient (Wildman–Crippen LogP) is 3.51. The van der Waals surface area contributed by atoms with E-state index in [0.717, 1.165) is 31.9 Å². The minimum absolute atomic E-state index is 0.00234. The summed E-state index contributed by atoms with van der Waals surface area (Å²) in [5, 5.41) is 0. The molecule has 0 aliphatic carbocycles. The Labute approximate surface area is 150 Å². The fraction of sp³-hybridized carbons (Fsp3) is 0.550. The van der Waals surface area contributed by atoms with Crippen LogP contribution in [0.1, 0.15) is 57.3 Å². The largest absolute Gasteiger partial charge is 0.475 e. The van der Waals surface area contributed by atoms with E-state index in [-0.39, 0.29) is 11.5 Å². The fourth-order valence-electron chi connectivity index (χ4n) is 2.94. The van der Waals surface area contributed by atoms with Gasteiger partial charge in [0.1, 0.15) is 5.82 Å². The lowest BCUT2D eigenvalue weighted by Gasteiger charge is -2.29. The molecular formula is C20H28N4O. The van der Waals surface area contributed by atoms with E-state index in [1.54, 1.807) is 0 Å². The summed E-state index contributed by atoms with van der Waals surface area (Å²) in [6.07, 6.45) is 5.04. The summed E-state index contributed by atoms with van der Waals surface area (Å²) in [6, 6.07) is 4.05. The molecule has 2 aromatic rings. The van der Waals surface area contributed by atoms with Gasteiger partial charge in [0.2, 0.25) is 5.88 Å². The molecular weight excluding hydrogens is 312 g/mol. The zero-order chi connectivity index (χ0) is 18.0. The summed E-state index contributed by atoms with van der Waals surface area (Å²) >= 11 is 0. The van der Waals surface area contributed by atoms with Crippen LogP contribution in [-0.2, 0) is 24.9 Å². The molecule has 1 aliphatic rings. The summed E-state index contributed by atoms with van der Waals surface area (Å²) in [5.74, 6) is 1.62. The second-order valence-corrected chi connectivity index (χ2v) is 8.05. The third kappa shape index (κ3) is 4.54. The number of fused-ring (bicyclic) bond motifs is 1. The number of hydrogen-bond donors (Lipinski definition) is 0. The van der Waals surface area contributed by atoms with Crippen LogP contribution >= 0.6 is 0 Å². The summed E-state index contributed by atoms with van der Waals surface area (Å²) in [4.78, 5) is 16.2. The second-order valence-electron chi connectivity index (χ2n) is 8.05. The Balaban J connectivity index is 1.65. The van der Waals surface area contributed by atoms with Gasteiger partial charge in [0, 0.05) is 61.2 Å². The minimum Gasteiger partial charge on any atom is -0.475 e. The second kappa shape index (κ2) is 7.08. The Kier molecular flexibility index (Phi) is 5.04. The van der Waals surface area contributed by atoms with E-state index >= 15 is 0 Å². The van der Waals surface area contributed by atoms with E-state index in [1.807, 2.05) is 32.3 Å². The Morgan fingerprint density at radius 1 is 1.16 bits per heavy atom. The smallest absolute Gasteiger partial charge is 0.213 e. The molecule has 3 rings (SSSR count). The Bertz CT molecular complexity index is 719. The van der Waals surface area contributed by atoms with Crippen LogP contribution in [0.25, 0.3) is 0 Å². The van der Waals surface area contributed by atoms with Gasteiger partial charge in [-0.3, -0.25) is 4.90 Å². The van der Waals surface area contributed by atoms with Gasteiger partial charge in [-0.15, -0.1) is 0 Å². The maximum absolute atomic E-state index is 5.60. The van der Waals surface area contributed by atoms with Crippen molar-refractivity contribution in [2.24, 2.45) is 0 Å². The maximum atomic E-state index is 5.60. The number of rotatable bonds is 4.